The standard InChI is InChI=1S/C18H23N3O4S.ClH/c1-25-17-10-3-2-9-16(17)21-26(23,24)15-8-6-7-14(13-15)18(22)20-12-5-4-11-19;/h2-3,6-10,13,21H,4-5,11-12,19H2,1H3,(H,20,22);1H. The Morgan fingerprint density at radius 1 is 1.11 bits per heavy atom. The summed E-state index contributed by atoms with van der Waals surface area (Å²) >= 11 is 0. The lowest BCUT2D eigenvalue weighted by atomic mass is 10.2. The van der Waals surface area contributed by atoms with Crippen molar-refractivity contribution in [2.24, 2.45) is 5.73 Å². The van der Waals surface area contributed by atoms with Crippen LogP contribution in [0.4, 0.5) is 5.69 Å². The smallest absolute Gasteiger partial charge is 0.262 e. The maximum Gasteiger partial charge on any atom is 0.262 e. The maximum atomic E-state index is 12.6. The Balaban J connectivity index is 0.00000364. The van der Waals surface area contributed by atoms with Gasteiger partial charge in [0.25, 0.3) is 15.9 Å². The SMILES string of the molecule is COc1ccccc1NS(=O)(=O)c1cccc(C(=O)NCCCCN)c1.Cl. The quantitative estimate of drug-likeness (QED) is 0.546. The van der Waals surface area contributed by atoms with Gasteiger partial charge >= 0.3 is 0 Å². The minimum absolute atomic E-state index is 0. The van der Waals surface area contributed by atoms with Crippen LogP contribution in [0, 0.1) is 0 Å². The second kappa shape index (κ2) is 10.8. The van der Waals surface area contributed by atoms with Gasteiger partial charge in [0.2, 0.25) is 0 Å². The minimum Gasteiger partial charge on any atom is -0.495 e. The van der Waals surface area contributed by atoms with Crippen molar-refractivity contribution in [1.82, 2.24) is 5.32 Å². The number of ether oxygens (including phenoxy) is 1. The number of carbonyl (C=O) groups excluding carboxylic acids is 1. The molecule has 2 rings (SSSR count). The van der Waals surface area contributed by atoms with Crippen LogP contribution >= 0.6 is 12.4 Å². The largest absolute Gasteiger partial charge is 0.495 e. The molecule has 0 aromatic heterocycles. The van der Waals surface area contributed by atoms with E-state index < -0.39 is 10.0 Å². The number of para-hydroxylation sites is 2. The van der Waals surface area contributed by atoms with Crippen LogP contribution in [-0.2, 0) is 10.0 Å². The lowest BCUT2D eigenvalue weighted by molar-refractivity contribution is 0.0953. The molecule has 9 heteroatoms. The van der Waals surface area contributed by atoms with Crippen molar-refractivity contribution in [2.75, 3.05) is 24.9 Å². The fraction of sp³-hybridized carbons (Fsp3) is 0.278. The fourth-order valence-corrected chi connectivity index (χ4v) is 3.43. The number of amides is 1. The minimum atomic E-state index is -3.86. The van der Waals surface area contributed by atoms with Gasteiger partial charge in [-0.2, -0.15) is 0 Å². The highest BCUT2D eigenvalue weighted by molar-refractivity contribution is 7.92. The van der Waals surface area contributed by atoms with E-state index in [9.17, 15) is 13.2 Å². The van der Waals surface area contributed by atoms with Gasteiger partial charge in [-0.3, -0.25) is 9.52 Å². The molecule has 0 heterocycles. The van der Waals surface area contributed by atoms with E-state index in [0.29, 0.717) is 24.5 Å². The molecule has 0 aliphatic carbocycles. The molecule has 0 aliphatic heterocycles. The van der Waals surface area contributed by atoms with Gasteiger partial charge in [-0.05, 0) is 49.7 Å². The van der Waals surface area contributed by atoms with Gasteiger partial charge in [0.05, 0.1) is 17.7 Å². The maximum absolute atomic E-state index is 12.6. The first-order valence-electron chi connectivity index (χ1n) is 8.22. The predicted molar refractivity (Wildman–Crippen MR) is 108 cm³/mol. The summed E-state index contributed by atoms with van der Waals surface area (Å²) in [6.07, 6.45) is 1.59. The first-order valence-corrected chi connectivity index (χ1v) is 9.70. The number of halogens is 1. The van der Waals surface area contributed by atoms with E-state index in [1.807, 2.05) is 0 Å². The number of sulfonamides is 1. The third-order valence-corrected chi connectivity index (χ3v) is 5.04. The summed E-state index contributed by atoms with van der Waals surface area (Å²) in [5, 5.41) is 2.75. The Bertz CT molecular complexity index is 859. The van der Waals surface area contributed by atoms with Crippen LogP contribution < -0.4 is 20.5 Å². The number of nitrogens with one attached hydrogen (secondary N) is 2. The number of rotatable bonds is 9. The second-order valence-corrected chi connectivity index (χ2v) is 7.27. The van der Waals surface area contributed by atoms with Gasteiger partial charge in [0.1, 0.15) is 5.75 Å². The number of unbranched alkanes of at least 4 members (excludes halogenated alkanes) is 1. The molecule has 0 unspecified atom stereocenters. The molecule has 7 nitrogen and oxygen atoms in total. The molecule has 0 saturated carbocycles. The van der Waals surface area contributed by atoms with Gasteiger partial charge in [0.15, 0.2) is 0 Å². The molecule has 0 radical (unpaired) electrons. The number of benzene rings is 2. The Hall–Kier alpha value is -2.29. The van der Waals surface area contributed by atoms with E-state index in [1.54, 1.807) is 30.3 Å². The predicted octanol–water partition coefficient (Wildman–Crippen LogP) is 2.39. The second-order valence-electron chi connectivity index (χ2n) is 5.59. The van der Waals surface area contributed by atoms with Crippen LogP contribution in [0.5, 0.6) is 5.75 Å². The molecule has 148 valence electrons. The summed E-state index contributed by atoms with van der Waals surface area (Å²) in [5.74, 6) is 0.0845. The van der Waals surface area contributed by atoms with E-state index >= 15 is 0 Å². The normalized spacial score (nSPS) is 10.6. The summed E-state index contributed by atoms with van der Waals surface area (Å²) in [5.41, 5.74) is 6.02. The van der Waals surface area contributed by atoms with E-state index in [0.717, 1.165) is 12.8 Å². The molecule has 0 fully saturated rings. The van der Waals surface area contributed by atoms with E-state index in [1.165, 1.54) is 25.3 Å². The average molecular weight is 414 g/mol. The Morgan fingerprint density at radius 2 is 1.85 bits per heavy atom. The van der Waals surface area contributed by atoms with Crippen molar-refractivity contribution in [3.63, 3.8) is 0 Å². The van der Waals surface area contributed by atoms with E-state index in [-0.39, 0.29) is 28.8 Å². The third-order valence-electron chi connectivity index (χ3n) is 3.67. The molecule has 0 aliphatic rings. The Kier molecular flexibility index (Phi) is 9.07. The van der Waals surface area contributed by atoms with Crippen LogP contribution in [0.15, 0.2) is 53.4 Å². The van der Waals surface area contributed by atoms with Gasteiger partial charge in [-0.15, -0.1) is 12.4 Å². The van der Waals surface area contributed by atoms with Gasteiger partial charge in [-0.1, -0.05) is 18.2 Å². The van der Waals surface area contributed by atoms with Crippen molar-refractivity contribution in [3.05, 3.63) is 54.1 Å². The first kappa shape index (κ1) is 22.8. The summed E-state index contributed by atoms with van der Waals surface area (Å²) < 4.78 is 32.9. The molecular weight excluding hydrogens is 390 g/mol. The Labute approximate surface area is 165 Å². The van der Waals surface area contributed by atoms with Crippen molar-refractivity contribution in [2.45, 2.75) is 17.7 Å². The monoisotopic (exact) mass is 413 g/mol. The number of methoxy groups -OCH3 is 1. The van der Waals surface area contributed by atoms with E-state index in [2.05, 4.69) is 10.0 Å². The van der Waals surface area contributed by atoms with Crippen molar-refractivity contribution < 1.29 is 17.9 Å². The number of nitrogens with two attached hydrogens (primary N) is 1. The topological polar surface area (TPSA) is 111 Å². The zero-order chi connectivity index (χ0) is 19.0. The van der Waals surface area contributed by atoms with Gasteiger partial charge in [0, 0.05) is 12.1 Å². The number of anilines is 1. The molecule has 0 bridgehead atoms. The molecule has 0 spiro atoms. The summed E-state index contributed by atoms with van der Waals surface area (Å²) in [4.78, 5) is 12.2. The molecular formula is C18H24ClN3O4S. The van der Waals surface area contributed by atoms with Crippen molar-refractivity contribution in [1.29, 1.82) is 0 Å². The summed E-state index contributed by atoms with van der Waals surface area (Å²) in [6.45, 7) is 1.06. The van der Waals surface area contributed by atoms with Gasteiger partial charge < -0.3 is 15.8 Å². The Morgan fingerprint density at radius 3 is 2.56 bits per heavy atom. The van der Waals surface area contributed by atoms with Crippen molar-refractivity contribution >= 4 is 34.0 Å². The van der Waals surface area contributed by atoms with Crippen LogP contribution in [0.3, 0.4) is 0 Å². The highest BCUT2D eigenvalue weighted by Gasteiger charge is 2.18. The van der Waals surface area contributed by atoms with Gasteiger partial charge in [-0.25, -0.2) is 8.42 Å². The lowest BCUT2D eigenvalue weighted by Gasteiger charge is -2.12. The highest BCUT2D eigenvalue weighted by Crippen LogP contribution is 2.26. The van der Waals surface area contributed by atoms with Crippen LogP contribution in [-0.4, -0.2) is 34.5 Å². The molecule has 0 saturated heterocycles. The molecule has 0 atom stereocenters. The molecule has 27 heavy (non-hydrogen) atoms. The lowest BCUT2D eigenvalue weighted by Crippen LogP contribution is -2.25. The van der Waals surface area contributed by atoms with Crippen molar-refractivity contribution in [3.8, 4) is 5.75 Å². The van der Waals surface area contributed by atoms with Crippen LogP contribution in [0.1, 0.15) is 23.2 Å². The zero-order valence-electron chi connectivity index (χ0n) is 15.0. The summed E-state index contributed by atoms with van der Waals surface area (Å²) in [6, 6.07) is 12.6. The molecule has 1 amide bonds. The highest BCUT2D eigenvalue weighted by atomic mass is 35.5. The number of hydrogen-bond donors (Lipinski definition) is 3. The summed E-state index contributed by atoms with van der Waals surface area (Å²) in [7, 11) is -2.40. The van der Waals surface area contributed by atoms with E-state index in [4.69, 9.17) is 10.5 Å². The van der Waals surface area contributed by atoms with Crippen LogP contribution in [0.2, 0.25) is 0 Å². The fourth-order valence-electron chi connectivity index (χ4n) is 2.31. The number of carbonyl (C=O) groups is 1. The number of hydrogen-bond acceptors (Lipinski definition) is 5. The zero-order valence-corrected chi connectivity index (χ0v) is 16.6. The third kappa shape index (κ3) is 6.42. The first-order chi connectivity index (χ1) is 12.5. The molecule has 2 aromatic carbocycles. The molecule has 4 N–H and O–H groups in total. The average Bonchev–Trinajstić information content (AvgIpc) is 2.65. The molecule has 2 aromatic rings. The van der Waals surface area contributed by atoms with Crippen LogP contribution in [0.25, 0.3) is 0 Å².